The van der Waals surface area contributed by atoms with Crippen molar-refractivity contribution in [2.24, 2.45) is 5.84 Å². The number of urea groups is 1. The molecule has 0 radical (unpaired) electrons. The number of nitrogens with one attached hydrogen (secondary N) is 3. The smallest absolute Gasteiger partial charge is 0.325 e. The van der Waals surface area contributed by atoms with E-state index in [0.29, 0.717) is 17.5 Å². The van der Waals surface area contributed by atoms with E-state index >= 15 is 0 Å². The lowest BCUT2D eigenvalue weighted by atomic mass is 10.1. The Kier molecular flexibility index (Phi) is 6.97. The molecule has 0 bridgehead atoms. The fraction of sp³-hybridized carbons (Fsp3) is 0.211. The number of amides is 4. The Bertz CT molecular complexity index is 872. The molecule has 4 amide bonds. The lowest BCUT2D eigenvalue weighted by Gasteiger charge is -2.14. The Labute approximate surface area is 168 Å². The quantitative estimate of drug-likeness (QED) is 0.330. The molecule has 0 saturated carbocycles. The Hall–Kier alpha value is -3.10. The zero-order valence-electron chi connectivity index (χ0n) is 15.3. The molecule has 1 aliphatic rings. The first-order chi connectivity index (χ1) is 13.0. The molecule has 1 fully saturated rings. The molecule has 2 aromatic rings. The van der Waals surface area contributed by atoms with Crippen LogP contribution in [0.15, 0.2) is 48.5 Å². The zero-order chi connectivity index (χ0) is 19.4. The van der Waals surface area contributed by atoms with E-state index in [1.165, 1.54) is 4.90 Å². The third-order valence-corrected chi connectivity index (χ3v) is 4.42. The van der Waals surface area contributed by atoms with Gasteiger partial charge in [-0.2, -0.15) is 0 Å². The normalized spacial score (nSPS) is 15.6. The maximum absolute atomic E-state index is 12.7. The van der Waals surface area contributed by atoms with E-state index in [1.54, 1.807) is 43.4 Å². The summed E-state index contributed by atoms with van der Waals surface area (Å²) < 4.78 is 0. The Morgan fingerprint density at radius 1 is 1.14 bits per heavy atom. The highest BCUT2D eigenvalue weighted by Crippen LogP contribution is 2.17. The van der Waals surface area contributed by atoms with Gasteiger partial charge in [0.05, 0.1) is 6.54 Å². The summed E-state index contributed by atoms with van der Waals surface area (Å²) >= 11 is 0. The fourth-order valence-electron chi connectivity index (χ4n) is 2.98. The lowest BCUT2D eigenvalue weighted by Crippen LogP contribution is -2.32. The van der Waals surface area contributed by atoms with Gasteiger partial charge in [-0.25, -0.2) is 4.79 Å². The van der Waals surface area contributed by atoms with Gasteiger partial charge in [0.15, 0.2) is 0 Å². The minimum Gasteiger partial charge on any atom is -0.355 e. The Balaban J connectivity index is 0.00000280. The van der Waals surface area contributed by atoms with Crippen LogP contribution >= 0.6 is 12.4 Å². The van der Waals surface area contributed by atoms with Crippen LogP contribution in [0.5, 0.6) is 0 Å². The second kappa shape index (κ2) is 9.20. The molecular weight excluding hydrogens is 382 g/mol. The second-order valence-corrected chi connectivity index (χ2v) is 6.25. The summed E-state index contributed by atoms with van der Waals surface area (Å²) in [5.41, 5.74) is 5.40. The molecular formula is C19H22ClN5O3. The first-order valence-electron chi connectivity index (χ1n) is 8.50. The number of nitrogen functional groups attached to an aromatic ring is 1. The SMILES string of the molecule is CNC(=O)c1cccc(CN2C(=O)NC(Cc3ccc(NN)cc3)C2=O)c1.Cl. The van der Waals surface area contributed by atoms with Gasteiger partial charge in [-0.05, 0) is 35.4 Å². The van der Waals surface area contributed by atoms with Crippen molar-refractivity contribution in [3.8, 4) is 0 Å². The van der Waals surface area contributed by atoms with Crippen LogP contribution in [-0.4, -0.2) is 35.8 Å². The summed E-state index contributed by atoms with van der Waals surface area (Å²) in [6.07, 6.45) is 0.393. The van der Waals surface area contributed by atoms with E-state index in [-0.39, 0.29) is 30.8 Å². The van der Waals surface area contributed by atoms with E-state index in [9.17, 15) is 14.4 Å². The highest BCUT2D eigenvalue weighted by molar-refractivity contribution is 6.04. The average Bonchev–Trinajstić information content (AvgIpc) is 2.95. The molecule has 1 unspecified atom stereocenters. The van der Waals surface area contributed by atoms with Crippen LogP contribution in [0.3, 0.4) is 0 Å². The van der Waals surface area contributed by atoms with Crippen molar-refractivity contribution >= 4 is 35.9 Å². The molecule has 28 heavy (non-hydrogen) atoms. The maximum atomic E-state index is 12.7. The maximum Gasteiger partial charge on any atom is 0.325 e. The molecule has 3 rings (SSSR count). The summed E-state index contributed by atoms with van der Waals surface area (Å²) in [5.74, 6) is 4.83. The first kappa shape index (κ1) is 21.2. The van der Waals surface area contributed by atoms with Gasteiger partial charge in [-0.15, -0.1) is 12.4 Å². The number of carbonyl (C=O) groups excluding carboxylic acids is 3. The van der Waals surface area contributed by atoms with E-state index in [2.05, 4.69) is 16.1 Å². The van der Waals surface area contributed by atoms with Gasteiger partial charge < -0.3 is 16.1 Å². The Morgan fingerprint density at radius 2 is 1.86 bits per heavy atom. The molecule has 0 aromatic heterocycles. The molecule has 1 atom stereocenters. The summed E-state index contributed by atoms with van der Waals surface area (Å²) in [5, 5.41) is 5.27. The number of hydrogen-bond donors (Lipinski definition) is 4. The first-order valence-corrected chi connectivity index (χ1v) is 8.50. The molecule has 9 heteroatoms. The van der Waals surface area contributed by atoms with Gasteiger partial charge in [-0.3, -0.25) is 20.3 Å². The Morgan fingerprint density at radius 3 is 2.50 bits per heavy atom. The van der Waals surface area contributed by atoms with Gasteiger partial charge in [0.25, 0.3) is 11.8 Å². The van der Waals surface area contributed by atoms with Gasteiger partial charge >= 0.3 is 6.03 Å². The summed E-state index contributed by atoms with van der Waals surface area (Å²) in [7, 11) is 1.55. The molecule has 0 aliphatic carbocycles. The molecule has 1 saturated heterocycles. The second-order valence-electron chi connectivity index (χ2n) is 6.25. The topological polar surface area (TPSA) is 117 Å². The number of imide groups is 1. The lowest BCUT2D eigenvalue weighted by molar-refractivity contribution is -0.127. The largest absolute Gasteiger partial charge is 0.355 e. The van der Waals surface area contributed by atoms with Gasteiger partial charge in [-0.1, -0.05) is 24.3 Å². The van der Waals surface area contributed by atoms with E-state index in [4.69, 9.17) is 5.84 Å². The minimum atomic E-state index is -0.615. The van der Waals surface area contributed by atoms with Crippen molar-refractivity contribution in [1.29, 1.82) is 0 Å². The van der Waals surface area contributed by atoms with E-state index in [1.807, 2.05) is 12.1 Å². The highest BCUT2D eigenvalue weighted by Gasteiger charge is 2.37. The molecule has 148 valence electrons. The summed E-state index contributed by atoms with van der Waals surface area (Å²) in [6.45, 7) is 0.113. The van der Waals surface area contributed by atoms with Crippen LogP contribution in [0.1, 0.15) is 21.5 Å². The van der Waals surface area contributed by atoms with Crippen LogP contribution in [0, 0.1) is 0 Å². The minimum absolute atomic E-state index is 0. The molecule has 1 aliphatic heterocycles. The predicted octanol–water partition coefficient (Wildman–Crippen LogP) is 1.42. The number of benzene rings is 2. The molecule has 5 N–H and O–H groups in total. The van der Waals surface area contributed by atoms with Crippen LogP contribution in [-0.2, 0) is 17.8 Å². The number of hydrazine groups is 1. The monoisotopic (exact) mass is 403 g/mol. The van der Waals surface area contributed by atoms with Crippen molar-refractivity contribution in [2.75, 3.05) is 12.5 Å². The standard InChI is InChI=1S/C19H21N5O3.ClH/c1-21-17(25)14-4-2-3-13(9-14)11-24-18(26)16(22-19(24)27)10-12-5-7-15(23-20)8-6-12;/h2-9,16,23H,10-11,20H2,1H3,(H,21,25)(H,22,27);1H. The number of anilines is 1. The molecule has 0 spiro atoms. The third-order valence-electron chi connectivity index (χ3n) is 4.42. The van der Waals surface area contributed by atoms with E-state index in [0.717, 1.165) is 11.3 Å². The summed E-state index contributed by atoms with van der Waals surface area (Å²) in [4.78, 5) is 37.8. The van der Waals surface area contributed by atoms with Crippen LogP contribution in [0.25, 0.3) is 0 Å². The number of rotatable bonds is 6. The van der Waals surface area contributed by atoms with Crippen LogP contribution < -0.4 is 21.9 Å². The van der Waals surface area contributed by atoms with Crippen molar-refractivity contribution < 1.29 is 14.4 Å². The summed E-state index contributed by atoms with van der Waals surface area (Å²) in [6, 6.07) is 13.1. The molecule has 2 aromatic carbocycles. The number of hydrogen-bond acceptors (Lipinski definition) is 5. The molecule has 8 nitrogen and oxygen atoms in total. The van der Waals surface area contributed by atoms with Gasteiger partial charge in [0, 0.05) is 24.7 Å². The third kappa shape index (κ3) is 4.59. The fourth-order valence-corrected chi connectivity index (χ4v) is 2.98. The van der Waals surface area contributed by atoms with Crippen molar-refractivity contribution in [3.05, 3.63) is 65.2 Å². The molecule has 1 heterocycles. The van der Waals surface area contributed by atoms with Crippen LogP contribution in [0.2, 0.25) is 0 Å². The zero-order valence-corrected chi connectivity index (χ0v) is 16.1. The number of nitrogens with zero attached hydrogens (tertiary/aromatic N) is 1. The van der Waals surface area contributed by atoms with E-state index < -0.39 is 12.1 Å². The number of nitrogens with two attached hydrogens (primary N) is 1. The van der Waals surface area contributed by atoms with Crippen molar-refractivity contribution in [2.45, 2.75) is 19.0 Å². The van der Waals surface area contributed by atoms with Crippen LogP contribution in [0.4, 0.5) is 10.5 Å². The number of carbonyl (C=O) groups is 3. The highest BCUT2D eigenvalue weighted by atomic mass is 35.5. The predicted molar refractivity (Wildman–Crippen MR) is 108 cm³/mol. The van der Waals surface area contributed by atoms with Gasteiger partial charge in [0.1, 0.15) is 6.04 Å². The average molecular weight is 404 g/mol. The van der Waals surface area contributed by atoms with Crippen molar-refractivity contribution in [3.63, 3.8) is 0 Å². The van der Waals surface area contributed by atoms with Crippen molar-refractivity contribution in [1.82, 2.24) is 15.5 Å². The van der Waals surface area contributed by atoms with Gasteiger partial charge in [0.2, 0.25) is 0 Å². The number of halogens is 1.